The lowest BCUT2D eigenvalue weighted by Crippen LogP contribution is -2.25. The molecule has 0 bridgehead atoms. The number of hydrogen-bond acceptors (Lipinski definition) is 5. The molecule has 0 aliphatic carbocycles. The summed E-state index contributed by atoms with van der Waals surface area (Å²) >= 11 is 0. The molecule has 160 valence electrons. The predicted molar refractivity (Wildman–Crippen MR) is 111 cm³/mol. The summed E-state index contributed by atoms with van der Waals surface area (Å²) in [7, 11) is 5.38. The summed E-state index contributed by atoms with van der Waals surface area (Å²) in [5.41, 5.74) is 6.20. The van der Waals surface area contributed by atoms with Crippen LogP contribution in [-0.4, -0.2) is 41.2 Å². The number of amides is 2. The third-order valence-electron chi connectivity index (χ3n) is 5.51. The molecule has 3 rings (SSSR count). The van der Waals surface area contributed by atoms with E-state index < -0.39 is 0 Å². The number of aromatic nitrogens is 6. The van der Waals surface area contributed by atoms with Crippen molar-refractivity contribution in [1.82, 2.24) is 40.0 Å². The van der Waals surface area contributed by atoms with Crippen molar-refractivity contribution in [3.05, 3.63) is 51.4 Å². The Balaban J connectivity index is 1.66. The van der Waals surface area contributed by atoms with E-state index in [0.29, 0.717) is 18.8 Å². The minimum absolute atomic E-state index is 0.190. The highest BCUT2D eigenvalue weighted by Gasteiger charge is 2.19. The molecule has 0 saturated carbocycles. The molecule has 0 fully saturated rings. The second-order valence-electron chi connectivity index (χ2n) is 7.45. The molecule has 0 aromatic carbocycles. The number of nitrogens with zero attached hydrogens (tertiary/aromatic N) is 6. The Morgan fingerprint density at radius 2 is 1.23 bits per heavy atom. The van der Waals surface area contributed by atoms with Gasteiger partial charge in [0, 0.05) is 62.8 Å². The minimum atomic E-state index is -0.341. The Morgan fingerprint density at radius 3 is 1.67 bits per heavy atom. The molecule has 10 heteroatoms. The van der Waals surface area contributed by atoms with Gasteiger partial charge in [0.1, 0.15) is 5.69 Å². The van der Waals surface area contributed by atoms with Crippen molar-refractivity contribution in [1.29, 1.82) is 0 Å². The van der Waals surface area contributed by atoms with E-state index in [4.69, 9.17) is 0 Å². The lowest BCUT2D eigenvalue weighted by Gasteiger charge is -2.06. The van der Waals surface area contributed by atoms with Crippen LogP contribution in [0.15, 0.2) is 6.07 Å². The molecule has 0 aliphatic rings. The summed E-state index contributed by atoms with van der Waals surface area (Å²) in [5.74, 6) is -0.642. The van der Waals surface area contributed by atoms with Gasteiger partial charge in [0.15, 0.2) is 5.69 Å². The van der Waals surface area contributed by atoms with Crippen molar-refractivity contribution in [2.24, 2.45) is 21.1 Å². The van der Waals surface area contributed by atoms with Gasteiger partial charge in [-0.05, 0) is 27.7 Å². The first kappa shape index (κ1) is 21.3. The van der Waals surface area contributed by atoms with Crippen LogP contribution in [0.5, 0.6) is 0 Å². The van der Waals surface area contributed by atoms with Gasteiger partial charge in [0.05, 0.1) is 11.4 Å². The van der Waals surface area contributed by atoms with Crippen molar-refractivity contribution in [2.45, 2.75) is 40.8 Å². The van der Waals surface area contributed by atoms with E-state index >= 15 is 0 Å². The smallest absolute Gasteiger partial charge is 0.272 e. The Hall–Kier alpha value is -3.43. The van der Waals surface area contributed by atoms with E-state index in [-0.39, 0.29) is 17.5 Å². The molecule has 0 atom stereocenters. The fourth-order valence-corrected chi connectivity index (χ4v) is 3.46. The van der Waals surface area contributed by atoms with E-state index in [0.717, 1.165) is 33.9 Å². The van der Waals surface area contributed by atoms with Crippen molar-refractivity contribution in [3.63, 3.8) is 0 Å². The largest absolute Gasteiger partial charge is 0.346 e. The first-order valence-electron chi connectivity index (χ1n) is 9.68. The van der Waals surface area contributed by atoms with Gasteiger partial charge in [-0.3, -0.25) is 23.6 Å². The van der Waals surface area contributed by atoms with Crippen LogP contribution in [0.1, 0.15) is 54.9 Å². The number of carbonyl (C=O) groups is 2. The zero-order valence-corrected chi connectivity index (χ0v) is 18.5. The quantitative estimate of drug-likeness (QED) is 0.627. The Bertz CT molecular complexity index is 1120. The highest BCUT2D eigenvalue weighted by molar-refractivity contribution is 5.97. The van der Waals surface area contributed by atoms with Crippen LogP contribution in [-0.2, 0) is 34.2 Å². The van der Waals surface area contributed by atoms with Gasteiger partial charge in [-0.2, -0.15) is 15.3 Å². The van der Waals surface area contributed by atoms with Gasteiger partial charge >= 0.3 is 0 Å². The summed E-state index contributed by atoms with van der Waals surface area (Å²) in [6.45, 7) is 8.44. The highest BCUT2D eigenvalue weighted by Crippen LogP contribution is 2.13. The zero-order chi connectivity index (χ0) is 22.2. The molecule has 30 heavy (non-hydrogen) atoms. The summed E-state index contributed by atoms with van der Waals surface area (Å²) in [4.78, 5) is 25.2. The first-order valence-corrected chi connectivity index (χ1v) is 9.68. The molecule has 2 amide bonds. The molecule has 3 aromatic heterocycles. The fraction of sp³-hybridized carbons (Fsp3) is 0.450. The number of carbonyl (C=O) groups excluding carboxylic acids is 2. The van der Waals surface area contributed by atoms with Crippen LogP contribution in [0.2, 0.25) is 0 Å². The molecule has 3 heterocycles. The Kier molecular flexibility index (Phi) is 5.77. The average Bonchev–Trinajstić information content (AvgIpc) is 3.27. The monoisotopic (exact) mass is 412 g/mol. The van der Waals surface area contributed by atoms with E-state index in [1.54, 1.807) is 16.4 Å². The van der Waals surface area contributed by atoms with Crippen LogP contribution < -0.4 is 10.6 Å². The van der Waals surface area contributed by atoms with Gasteiger partial charge < -0.3 is 10.6 Å². The van der Waals surface area contributed by atoms with Crippen LogP contribution in [0, 0.1) is 27.7 Å². The Morgan fingerprint density at radius 1 is 0.767 bits per heavy atom. The molecule has 2 N–H and O–H groups in total. The minimum Gasteiger partial charge on any atom is -0.346 e. The molecule has 3 aromatic rings. The molecule has 0 saturated heterocycles. The third kappa shape index (κ3) is 3.98. The number of hydrogen-bond donors (Lipinski definition) is 2. The molecule has 0 spiro atoms. The number of nitrogens with one attached hydrogen (secondary N) is 2. The molecule has 0 aliphatic heterocycles. The molecular formula is C20H28N8O2. The van der Waals surface area contributed by atoms with E-state index in [1.165, 1.54) is 10.7 Å². The lowest BCUT2D eigenvalue weighted by atomic mass is 10.2. The van der Waals surface area contributed by atoms with E-state index in [2.05, 4.69) is 25.9 Å². The predicted octanol–water partition coefficient (Wildman–Crippen LogP) is 0.981. The average molecular weight is 412 g/mol. The van der Waals surface area contributed by atoms with Crippen molar-refractivity contribution in [2.75, 3.05) is 0 Å². The van der Waals surface area contributed by atoms with Gasteiger partial charge in [-0.1, -0.05) is 0 Å². The summed E-state index contributed by atoms with van der Waals surface area (Å²) in [6, 6.07) is 1.50. The molecule has 0 radical (unpaired) electrons. The topological polar surface area (TPSA) is 112 Å². The zero-order valence-electron chi connectivity index (χ0n) is 18.5. The van der Waals surface area contributed by atoms with Gasteiger partial charge in [0.25, 0.3) is 11.8 Å². The summed E-state index contributed by atoms with van der Waals surface area (Å²) in [5, 5.41) is 18.6. The van der Waals surface area contributed by atoms with Gasteiger partial charge in [0.2, 0.25) is 0 Å². The lowest BCUT2D eigenvalue weighted by molar-refractivity contribution is 0.0935. The third-order valence-corrected chi connectivity index (χ3v) is 5.51. The van der Waals surface area contributed by atoms with Crippen LogP contribution in [0.25, 0.3) is 0 Å². The fourth-order valence-electron chi connectivity index (χ4n) is 3.46. The maximum absolute atomic E-state index is 12.6. The van der Waals surface area contributed by atoms with Crippen molar-refractivity contribution in [3.8, 4) is 0 Å². The van der Waals surface area contributed by atoms with Crippen molar-refractivity contribution < 1.29 is 9.59 Å². The number of rotatable bonds is 6. The van der Waals surface area contributed by atoms with Crippen molar-refractivity contribution >= 4 is 11.8 Å². The normalized spacial score (nSPS) is 11.0. The Labute approximate surface area is 175 Å². The molecule has 0 unspecified atom stereocenters. The maximum atomic E-state index is 12.6. The van der Waals surface area contributed by atoms with Gasteiger partial charge in [-0.25, -0.2) is 0 Å². The second kappa shape index (κ2) is 8.13. The van der Waals surface area contributed by atoms with E-state index in [9.17, 15) is 9.59 Å². The summed E-state index contributed by atoms with van der Waals surface area (Å²) < 4.78 is 4.98. The molecular weight excluding hydrogens is 384 g/mol. The van der Waals surface area contributed by atoms with Crippen LogP contribution >= 0.6 is 0 Å². The summed E-state index contributed by atoms with van der Waals surface area (Å²) in [6.07, 6.45) is 0. The second-order valence-corrected chi connectivity index (χ2v) is 7.45. The highest BCUT2D eigenvalue weighted by atomic mass is 16.2. The van der Waals surface area contributed by atoms with Crippen LogP contribution in [0.3, 0.4) is 0 Å². The standard InChI is InChI=1S/C20H28N8O2/c1-11-15(13(3)26(5)23-11)9-21-19(29)17-8-18(28(7)25-17)20(30)22-10-16-12(2)24-27(6)14(16)4/h8H,9-10H2,1-7H3,(H,21,29)(H,22,30). The molecule has 10 nitrogen and oxygen atoms in total. The van der Waals surface area contributed by atoms with E-state index in [1.807, 2.05) is 41.8 Å². The SMILES string of the molecule is Cc1nn(C)c(C)c1CNC(=O)c1cc(C(=O)NCc2c(C)nn(C)c2C)n(C)n1. The maximum Gasteiger partial charge on any atom is 0.272 e. The first-order chi connectivity index (χ1) is 14.1. The number of aryl methyl sites for hydroxylation is 5. The van der Waals surface area contributed by atoms with Gasteiger partial charge in [-0.15, -0.1) is 0 Å². The van der Waals surface area contributed by atoms with Crippen LogP contribution in [0.4, 0.5) is 0 Å².